The number of amides is 1. The molecule has 0 heterocycles. The van der Waals surface area contributed by atoms with E-state index < -0.39 is 0 Å². The first-order valence-corrected chi connectivity index (χ1v) is 6.66. The molecular formula is C15H24N2O2. The van der Waals surface area contributed by atoms with E-state index >= 15 is 0 Å². The van der Waals surface area contributed by atoms with Crippen molar-refractivity contribution in [3.8, 4) is 0 Å². The first-order chi connectivity index (χ1) is 9.06. The Labute approximate surface area is 115 Å². The first-order valence-electron chi connectivity index (χ1n) is 6.66. The van der Waals surface area contributed by atoms with Gasteiger partial charge in [-0.2, -0.15) is 0 Å². The molecule has 0 aliphatic rings. The molecule has 0 spiro atoms. The Balaban J connectivity index is 2.75. The predicted octanol–water partition coefficient (Wildman–Crippen LogP) is 2.62. The Bertz CT molecular complexity index is 405. The van der Waals surface area contributed by atoms with Crippen LogP contribution in [0.1, 0.15) is 30.6 Å². The summed E-state index contributed by atoms with van der Waals surface area (Å²) >= 11 is 0. The van der Waals surface area contributed by atoms with Crippen molar-refractivity contribution in [1.29, 1.82) is 0 Å². The highest BCUT2D eigenvalue weighted by molar-refractivity contribution is 5.99. The van der Waals surface area contributed by atoms with E-state index in [1.165, 1.54) is 0 Å². The molecule has 0 bridgehead atoms. The van der Waals surface area contributed by atoms with Gasteiger partial charge < -0.3 is 15.0 Å². The van der Waals surface area contributed by atoms with E-state index in [1.54, 1.807) is 12.0 Å². The van der Waals surface area contributed by atoms with E-state index in [4.69, 9.17) is 4.74 Å². The number of methoxy groups -OCH3 is 1. The summed E-state index contributed by atoms with van der Waals surface area (Å²) in [6.07, 6.45) is 0.846. The zero-order chi connectivity index (χ0) is 14.3. The molecule has 1 aromatic carbocycles. The van der Waals surface area contributed by atoms with Gasteiger partial charge in [-0.1, -0.05) is 12.1 Å². The highest BCUT2D eigenvalue weighted by Gasteiger charge is 2.15. The van der Waals surface area contributed by atoms with Crippen LogP contribution in [0, 0.1) is 0 Å². The van der Waals surface area contributed by atoms with Crippen LogP contribution in [0.25, 0.3) is 0 Å². The van der Waals surface area contributed by atoms with Gasteiger partial charge in [0.05, 0.1) is 5.56 Å². The van der Waals surface area contributed by atoms with Crippen LogP contribution in [0.4, 0.5) is 5.69 Å². The molecule has 0 saturated heterocycles. The summed E-state index contributed by atoms with van der Waals surface area (Å²) in [6, 6.07) is 7.93. The monoisotopic (exact) mass is 264 g/mol. The number of hydrogen-bond acceptors (Lipinski definition) is 3. The lowest BCUT2D eigenvalue weighted by molar-refractivity contribution is 0.0780. The van der Waals surface area contributed by atoms with Crippen molar-refractivity contribution in [2.75, 3.05) is 32.6 Å². The highest BCUT2D eigenvalue weighted by Crippen LogP contribution is 2.17. The summed E-state index contributed by atoms with van der Waals surface area (Å²) in [7, 11) is 3.49. The quantitative estimate of drug-likeness (QED) is 0.770. The Morgan fingerprint density at radius 2 is 2.05 bits per heavy atom. The molecule has 1 rings (SSSR count). The number of carbonyl (C=O) groups excluding carboxylic acids is 1. The second-order valence-corrected chi connectivity index (χ2v) is 4.92. The van der Waals surface area contributed by atoms with Gasteiger partial charge in [-0.15, -0.1) is 0 Å². The third-order valence-electron chi connectivity index (χ3n) is 2.79. The molecule has 0 aromatic heterocycles. The number of anilines is 1. The van der Waals surface area contributed by atoms with Crippen LogP contribution in [0.15, 0.2) is 24.3 Å². The average Bonchev–Trinajstić information content (AvgIpc) is 2.38. The lowest BCUT2D eigenvalue weighted by Crippen LogP contribution is -2.29. The molecule has 4 heteroatoms. The molecule has 106 valence electrons. The number of carbonyl (C=O) groups is 1. The summed E-state index contributed by atoms with van der Waals surface area (Å²) in [6.45, 7) is 5.49. The summed E-state index contributed by atoms with van der Waals surface area (Å²) in [5.41, 5.74) is 1.61. The third kappa shape index (κ3) is 4.91. The molecule has 1 aromatic rings. The standard InChI is InChI=1S/C15H24N2O2/c1-12(2)16-14-9-6-5-8-13(14)15(18)17(3)10-7-11-19-4/h5-6,8-9,12,16H,7,10-11H2,1-4H3. The summed E-state index contributed by atoms with van der Waals surface area (Å²) in [4.78, 5) is 14.1. The van der Waals surface area contributed by atoms with Crippen LogP contribution < -0.4 is 5.32 Å². The Kier molecular flexibility index (Phi) is 6.36. The van der Waals surface area contributed by atoms with Crippen molar-refractivity contribution in [3.63, 3.8) is 0 Å². The lowest BCUT2D eigenvalue weighted by atomic mass is 10.1. The highest BCUT2D eigenvalue weighted by atomic mass is 16.5. The minimum absolute atomic E-state index is 0.0415. The molecule has 0 saturated carbocycles. The van der Waals surface area contributed by atoms with Gasteiger partial charge in [-0.25, -0.2) is 0 Å². The van der Waals surface area contributed by atoms with Gasteiger partial charge in [0.15, 0.2) is 0 Å². The molecule has 0 atom stereocenters. The van der Waals surface area contributed by atoms with Gasteiger partial charge >= 0.3 is 0 Å². The predicted molar refractivity (Wildman–Crippen MR) is 78.7 cm³/mol. The van der Waals surface area contributed by atoms with Gasteiger partial charge in [0.1, 0.15) is 0 Å². The first kappa shape index (κ1) is 15.5. The number of benzene rings is 1. The normalized spacial score (nSPS) is 10.6. The molecule has 0 fully saturated rings. The van der Waals surface area contributed by atoms with Crippen molar-refractivity contribution in [1.82, 2.24) is 4.90 Å². The fraction of sp³-hybridized carbons (Fsp3) is 0.533. The van der Waals surface area contributed by atoms with Crippen LogP contribution in [-0.4, -0.2) is 44.2 Å². The minimum Gasteiger partial charge on any atom is -0.385 e. The molecular weight excluding hydrogens is 240 g/mol. The van der Waals surface area contributed by atoms with Crippen molar-refractivity contribution in [2.24, 2.45) is 0 Å². The van der Waals surface area contributed by atoms with E-state index in [0.29, 0.717) is 19.2 Å². The van der Waals surface area contributed by atoms with E-state index in [9.17, 15) is 4.79 Å². The van der Waals surface area contributed by atoms with E-state index in [0.717, 1.165) is 17.7 Å². The van der Waals surface area contributed by atoms with Crippen molar-refractivity contribution >= 4 is 11.6 Å². The second-order valence-electron chi connectivity index (χ2n) is 4.92. The Morgan fingerprint density at radius 1 is 1.37 bits per heavy atom. The number of nitrogens with zero attached hydrogens (tertiary/aromatic N) is 1. The molecule has 0 aliphatic heterocycles. The maximum Gasteiger partial charge on any atom is 0.255 e. The SMILES string of the molecule is COCCCN(C)C(=O)c1ccccc1NC(C)C. The molecule has 0 aliphatic carbocycles. The van der Waals surface area contributed by atoms with Crippen LogP contribution >= 0.6 is 0 Å². The topological polar surface area (TPSA) is 41.6 Å². The van der Waals surface area contributed by atoms with Crippen molar-refractivity contribution in [2.45, 2.75) is 26.3 Å². The van der Waals surface area contributed by atoms with E-state index in [2.05, 4.69) is 19.2 Å². The Hall–Kier alpha value is -1.55. The second kappa shape index (κ2) is 7.79. The molecule has 4 nitrogen and oxygen atoms in total. The van der Waals surface area contributed by atoms with E-state index in [1.807, 2.05) is 31.3 Å². The van der Waals surface area contributed by atoms with Gasteiger partial charge in [0.25, 0.3) is 5.91 Å². The van der Waals surface area contributed by atoms with Crippen LogP contribution in [0.5, 0.6) is 0 Å². The molecule has 1 N–H and O–H groups in total. The molecule has 0 radical (unpaired) electrons. The smallest absolute Gasteiger partial charge is 0.255 e. The fourth-order valence-electron chi connectivity index (χ4n) is 1.86. The number of ether oxygens (including phenoxy) is 1. The molecule has 19 heavy (non-hydrogen) atoms. The van der Waals surface area contributed by atoms with Gasteiger partial charge in [-0.05, 0) is 32.4 Å². The van der Waals surface area contributed by atoms with Crippen molar-refractivity contribution < 1.29 is 9.53 Å². The zero-order valence-electron chi connectivity index (χ0n) is 12.3. The van der Waals surface area contributed by atoms with Gasteiger partial charge in [0.2, 0.25) is 0 Å². The molecule has 1 amide bonds. The summed E-state index contributed by atoms with van der Waals surface area (Å²) < 4.78 is 5.00. The largest absolute Gasteiger partial charge is 0.385 e. The third-order valence-corrected chi connectivity index (χ3v) is 2.79. The average molecular weight is 264 g/mol. The number of rotatable bonds is 7. The zero-order valence-corrected chi connectivity index (χ0v) is 12.3. The summed E-state index contributed by atoms with van der Waals surface area (Å²) in [5, 5.41) is 3.30. The maximum atomic E-state index is 12.4. The van der Waals surface area contributed by atoms with Crippen LogP contribution in [0.3, 0.4) is 0 Å². The minimum atomic E-state index is 0.0415. The number of hydrogen-bond donors (Lipinski definition) is 1. The number of para-hydroxylation sites is 1. The van der Waals surface area contributed by atoms with Gasteiger partial charge in [0, 0.05) is 39.0 Å². The van der Waals surface area contributed by atoms with Crippen LogP contribution in [-0.2, 0) is 4.74 Å². The summed E-state index contributed by atoms with van der Waals surface area (Å²) in [5.74, 6) is 0.0415. The van der Waals surface area contributed by atoms with E-state index in [-0.39, 0.29) is 5.91 Å². The van der Waals surface area contributed by atoms with Crippen molar-refractivity contribution in [3.05, 3.63) is 29.8 Å². The fourth-order valence-corrected chi connectivity index (χ4v) is 1.86. The lowest BCUT2D eigenvalue weighted by Gasteiger charge is -2.20. The van der Waals surface area contributed by atoms with Gasteiger partial charge in [-0.3, -0.25) is 4.79 Å². The number of nitrogens with one attached hydrogen (secondary N) is 1. The Morgan fingerprint density at radius 3 is 2.68 bits per heavy atom. The molecule has 0 unspecified atom stereocenters. The van der Waals surface area contributed by atoms with Crippen LogP contribution in [0.2, 0.25) is 0 Å². The maximum absolute atomic E-state index is 12.4.